The van der Waals surface area contributed by atoms with Gasteiger partial charge in [-0.25, -0.2) is 5.43 Å². The lowest BCUT2D eigenvalue weighted by Gasteiger charge is -2.42. The van der Waals surface area contributed by atoms with Crippen LogP contribution in [-0.4, -0.2) is 17.7 Å². The van der Waals surface area contributed by atoms with Crippen LogP contribution in [0.4, 0.5) is 5.69 Å². The van der Waals surface area contributed by atoms with Crippen LogP contribution in [0.15, 0.2) is 18.5 Å². The molecule has 0 bridgehead atoms. The van der Waals surface area contributed by atoms with Crippen molar-refractivity contribution in [1.82, 2.24) is 10.4 Å². The minimum Gasteiger partial charge on any atom is -0.398 e. The number of nitrogens with zero attached hydrogens (tertiary/aromatic N) is 1. The van der Waals surface area contributed by atoms with Gasteiger partial charge in [-0.1, -0.05) is 19.3 Å². The predicted octanol–water partition coefficient (Wildman–Crippen LogP) is 1.52. The van der Waals surface area contributed by atoms with Gasteiger partial charge in [0, 0.05) is 30.8 Å². The highest BCUT2D eigenvalue weighted by Crippen LogP contribution is 2.41. The molecule has 0 amide bonds. The molecule has 5 N–H and O–H groups in total. The number of hydrazine groups is 1. The maximum absolute atomic E-state index is 6.03. The monoisotopic (exact) mass is 250 g/mol. The standard InChI is InChI=1S/C13H22N4O/c1-18-13(6-3-2-4-7-13)12(17-15)10-9-16-8-5-11(10)14/h5,8-9,12,17H,2-4,6-7,15H2,1H3,(H2,14,16). The molecule has 0 aliphatic heterocycles. The van der Waals surface area contributed by atoms with Gasteiger partial charge in [0.1, 0.15) is 0 Å². The third-order valence-corrected chi connectivity index (χ3v) is 4.00. The summed E-state index contributed by atoms with van der Waals surface area (Å²) >= 11 is 0. The van der Waals surface area contributed by atoms with Gasteiger partial charge in [-0.05, 0) is 18.9 Å². The molecule has 18 heavy (non-hydrogen) atoms. The zero-order valence-corrected chi connectivity index (χ0v) is 10.9. The smallest absolute Gasteiger partial charge is 0.0886 e. The summed E-state index contributed by atoms with van der Waals surface area (Å²) < 4.78 is 5.82. The van der Waals surface area contributed by atoms with Crippen LogP contribution in [0.1, 0.15) is 43.7 Å². The van der Waals surface area contributed by atoms with Gasteiger partial charge in [0.05, 0.1) is 11.6 Å². The van der Waals surface area contributed by atoms with E-state index in [1.807, 2.05) is 0 Å². The molecule has 1 aromatic heterocycles. The summed E-state index contributed by atoms with van der Waals surface area (Å²) in [6.07, 6.45) is 9.02. The molecule has 1 saturated carbocycles. The number of ether oxygens (including phenoxy) is 1. The van der Waals surface area contributed by atoms with Crippen molar-refractivity contribution in [2.45, 2.75) is 43.7 Å². The first-order valence-corrected chi connectivity index (χ1v) is 6.44. The molecule has 1 aromatic rings. The fraction of sp³-hybridized carbons (Fsp3) is 0.615. The van der Waals surface area contributed by atoms with Gasteiger partial charge in [-0.2, -0.15) is 0 Å². The van der Waals surface area contributed by atoms with Crippen LogP contribution in [-0.2, 0) is 4.74 Å². The maximum Gasteiger partial charge on any atom is 0.0886 e. The lowest BCUT2D eigenvalue weighted by molar-refractivity contribution is -0.0687. The summed E-state index contributed by atoms with van der Waals surface area (Å²) in [5.41, 5.74) is 10.3. The summed E-state index contributed by atoms with van der Waals surface area (Å²) in [7, 11) is 1.75. The number of methoxy groups -OCH3 is 1. The van der Waals surface area contributed by atoms with Crippen LogP contribution >= 0.6 is 0 Å². The van der Waals surface area contributed by atoms with E-state index < -0.39 is 0 Å². The fourth-order valence-electron chi connectivity index (χ4n) is 2.94. The van der Waals surface area contributed by atoms with E-state index in [1.165, 1.54) is 6.42 Å². The van der Waals surface area contributed by atoms with E-state index in [4.69, 9.17) is 16.3 Å². The number of aromatic nitrogens is 1. The number of anilines is 1. The minimum atomic E-state index is -0.274. The van der Waals surface area contributed by atoms with E-state index >= 15 is 0 Å². The Morgan fingerprint density at radius 1 is 1.39 bits per heavy atom. The Kier molecular flexibility index (Phi) is 4.16. The molecule has 5 heteroatoms. The van der Waals surface area contributed by atoms with Gasteiger partial charge in [0.25, 0.3) is 0 Å². The first kappa shape index (κ1) is 13.3. The molecule has 1 aliphatic rings. The maximum atomic E-state index is 6.03. The van der Waals surface area contributed by atoms with Gasteiger partial charge in [0.15, 0.2) is 0 Å². The summed E-state index contributed by atoms with van der Waals surface area (Å²) in [6, 6.07) is 1.68. The van der Waals surface area contributed by atoms with Crippen molar-refractivity contribution in [3.05, 3.63) is 24.0 Å². The second-order valence-corrected chi connectivity index (χ2v) is 4.93. The third kappa shape index (κ3) is 2.34. The van der Waals surface area contributed by atoms with Gasteiger partial charge in [-0.15, -0.1) is 0 Å². The van der Waals surface area contributed by atoms with Crippen LogP contribution in [0.5, 0.6) is 0 Å². The molecule has 0 spiro atoms. The fourth-order valence-corrected chi connectivity index (χ4v) is 2.94. The Hall–Kier alpha value is -1.17. The lowest BCUT2D eigenvalue weighted by atomic mass is 9.77. The largest absolute Gasteiger partial charge is 0.398 e. The molecule has 0 saturated heterocycles. The van der Waals surface area contributed by atoms with Crippen LogP contribution < -0.4 is 17.0 Å². The number of nitrogens with two attached hydrogens (primary N) is 2. The highest BCUT2D eigenvalue weighted by Gasteiger charge is 2.41. The van der Waals surface area contributed by atoms with Crippen molar-refractivity contribution in [3.63, 3.8) is 0 Å². The van der Waals surface area contributed by atoms with E-state index in [0.717, 1.165) is 31.2 Å². The number of hydrogen-bond donors (Lipinski definition) is 3. The molecule has 2 rings (SSSR count). The molecule has 0 aromatic carbocycles. The SMILES string of the molecule is COC1(C(NN)c2cnccc2N)CCCCC1. The minimum absolute atomic E-state index is 0.114. The van der Waals surface area contributed by atoms with Gasteiger partial charge in [0.2, 0.25) is 0 Å². The molecule has 1 unspecified atom stereocenters. The molecule has 1 fully saturated rings. The van der Waals surface area contributed by atoms with Crippen molar-refractivity contribution >= 4 is 5.69 Å². The number of hydrogen-bond acceptors (Lipinski definition) is 5. The zero-order valence-electron chi connectivity index (χ0n) is 10.9. The Morgan fingerprint density at radius 3 is 2.67 bits per heavy atom. The van der Waals surface area contributed by atoms with Crippen LogP contribution in [0.3, 0.4) is 0 Å². The molecule has 1 aliphatic carbocycles. The van der Waals surface area contributed by atoms with E-state index in [-0.39, 0.29) is 11.6 Å². The Labute approximate surface area is 108 Å². The summed E-state index contributed by atoms with van der Waals surface area (Å²) in [6.45, 7) is 0. The normalized spacial score (nSPS) is 20.6. The van der Waals surface area contributed by atoms with Crippen LogP contribution in [0.2, 0.25) is 0 Å². The highest BCUT2D eigenvalue weighted by atomic mass is 16.5. The first-order chi connectivity index (χ1) is 8.73. The average molecular weight is 250 g/mol. The lowest BCUT2D eigenvalue weighted by Crippen LogP contribution is -2.49. The van der Waals surface area contributed by atoms with Crippen LogP contribution in [0.25, 0.3) is 0 Å². The van der Waals surface area contributed by atoms with E-state index in [1.54, 1.807) is 25.6 Å². The van der Waals surface area contributed by atoms with Gasteiger partial charge in [-0.3, -0.25) is 10.8 Å². The molecule has 5 nitrogen and oxygen atoms in total. The summed E-state index contributed by atoms with van der Waals surface area (Å²) in [4.78, 5) is 4.14. The Morgan fingerprint density at radius 2 is 2.11 bits per heavy atom. The highest BCUT2D eigenvalue weighted by molar-refractivity contribution is 5.47. The third-order valence-electron chi connectivity index (χ3n) is 4.00. The Balaban J connectivity index is 2.34. The molecule has 100 valence electrons. The summed E-state index contributed by atoms with van der Waals surface area (Å²) in [5, 5.41) is 0. The molecule has 0 radical (unpaired) electrons. The number of pyridine rings is 1. The number of nitrogens with one attached hydrogen (secondary N) is 1. The first-order valence-electron chi connectivity index (χ1n) is 6.44. The molecular weight excluding hydrogens is 228 g/mol. The zero-order chi connectivity index (χ0) is 13.0. The predicted molar refractivity (Wildman–Crippen MR) is 71.5 cm³/mol. The van der Waals surface area contributed by atoms with Crippen molar-refractivity contribution in [3.8, 4) is 0 Å². The number of rotatable bonds is 4. The van der Waals surface area contributed by atoms with E-state index in [0.29, 0.717) is 5.69 Å². The molecule has 1 atom stereocenters. The molecule has 1 heterocycles. The van der Waals surface area contributed by atoms with Crippen molar-refractivity contribution < 1.29 is 4.74 Å². The average Bonchev–Trinajstić information content (AvgIpc) is 2.43. The van der Waals surface area contributed by atoms with Crippen molar-refractivity contribution in [2.24, 2.45) is 5.84 Å². The van der Waals surface area contributed by atoms with E-state index in [2.05, 4.69) is 10.4 Å². The molecular formula is C13H22N4O. The van der Waals surface area contributed by atoms with E-state index in [9.17, 15) is 0 Å². The second kappa shape index (κ2) is 5.65. The summed E-state index contributed by atoms with van der Waals surface area (Å²) in [5.74, 6) is 5.75. The second-order valence-electron chi connectivity index (χ2n) is 4.93. The Bertz CT molecular complexity index is 390. The van der Waals surface area contributed by atoms with Crippen molar-refractivity contribution in [2.75, 3.05) is 12.8 Å². The van der Waals surface area contributed by atoms with Crippen LogP contribution in [0, 0.1) is 0 Å². The van der Waals surface area contributed by atoms with Gasteiger partial charge < -0.3 is 10.5 Å². The van der Waals surface area contributed by atoms with Crippen molar-refractivity contribution in [1.29, 1.82) is 0 Å². The topological polar surface area (TPSA) is 86.2 Å². The van der Waals surface area contributed by atoms with Gasteiger partial charge >= 0.3 is 0 Å². The quantitative estimate of drug-likeness (QED) is 0.557. The number of nitrogen functional groups attached to an aromatic ring is 1.